The Morgan fingerprint density at radius 2 is 1.67 bits per heavy atom. The maximum absolute atomic E-state index is 12.6. The average molecular weight is 377 g/mol. The Balaban J connectivity index is 0.00000288. The molecule has 7 nitrogen and oxygen atoms in total. The van der Waals surface area contributed by atoms with Gasteiger partial charge in [0.25, 0.3) is 5.69 Å². The van der Waals surface area contributed by atoms with Gasteiger partial charge in [0.15, 0.2) is 4.90 Å². The summed E-state index contributed by atoms with van der Waals surface area (Å²) in [6.45, 7) is 8.06. The summed E-state index contributed by atoms with van der Waals surface area (Å²) in [5.41, 5.74) is -0.859. The topological polar surface area (TPSA) is 101 Å². The molecule has 0 saturated carbocycles. The van der Waals surface area contributed by atoms with Crippen molar-refractivity contribution < 1.29 is 25.7 Å². The minimum atomic E-state index is -3.96. The van der Waals surface area contributed by atoms with E-state index < -0.39 is 20.6 Å². The summed E-state index contributed by atoms with van der Waals surface area (Å²) in [5.74, 6) is 0. The molecule has 1 aliphatic rings. The second-order valence-corrected chi connectivity index (χ2v) is 9.03. The van der Waals surface area contributed by atoms with E-state index in [-0.39, 0.29) is 34.4 Å². The van der Waals surface area contributed by atoms with Gasteiger partial charge in [0.2, 0.25) is 10.0 Å². The van der Waals surface area contributed by atoms with Crippen LogP contribution in [-0.4, -0.2) is 30.5 Å². The number of hydrogen-bond donors (Lipinski definition) is 2. The zero-order valence-electron chi connectivity index (χ0n) is 14.2. The molecular weight excluding hydrogens is 354 g/mol. The molecule has 1 heterocycles. The lowest BCUT2D eigenvalue weighted by Gasteiger charge is -2.46. The van der Waals surface area contributed by atoms with E-state index in [1.54, 1.807) is 0 Å². The van der Waals surface area contributed by atoms with Crippen LogP contribution in [0.3, 0.4) is 0 Å². The van der Waals surface area contributed by atoms with Crippen molar-refractivity contribution in [2.75, 3.05) is 0 Å². The highest BCUT2D eigenvalue weighted by atomic mass is 35.5. The number of para-hydroxylation sites is 1. The van der Waals surface area contributed by atoms with Crippen LogP contribution in [0, 0.1) is 10.1 Å². The third kappa shape index (κ3) is 4.89. The molecule has 136 valence electrons. The maximum atomic E-state index is 12.6. The van der Waals surface area contributed by atoms with E-state index in [4.69, 9.17) is 0 Å². The van der Waals surface area contributed by atoms with Gasteiger partial charge in [-0.15, -0.1) is 0 Å². The number of hydrogen-bond acceptors (Lipinski definition) is 5. The monoisotopic (exact) mass is 376 g/mol. The number of halogens is 1. The predicted molar refractivity (Wildman–Crippen MR) is 87.7 cm³/mol. The van der Waals surface area contributed by atoms with Crippen LogP contribution in [0.4, 0.5) is 5.69 Å². The molecule has 9 heteroatoms. The number of rotatable bonds is 4. The van der Waals surface area contributed by atoms with E-state index in [1.165, 1.54) is 24.3 Å². The van der Waals surface area contributed by atoms with E-state index in [1.807, 2.05) is 27.7 Å². The van der Waals surface area contributed by atoms with Gasteiger partial charge in [-0.1, -0.05) is 12.1 Å². The van der Waals surface area contributed by atoms with Gasteiger partial charge in [-0.25, -0.2) is 13.1 Å². The molecule has 1 aromatic rings. The Hall–Kier alpha value is -1.22. The van der Waals surface area contributed by atoms with Gasteiger partial charge < -0.3 is 17.7 Å². The predicted octanol–water partition coefficient (Wildman–Crippen LogP) is -0.814. The Morgan fingerprint density at radius 1 is 1.17 bits per heavy atom. The fourth-order valence-corrected chi connectivity index (χ4v) is 4.93. The van der Waals surface area contributed by atoms with Crippen LogP contribution in [0.15, 0.2) is 29.2 Å². The van der Waals surface area contributed by atoms with Crippen LogP contribution >= 0.6 is 0 Å². The van der Waals surface area contributed by atoms with Crippen molar-refractivity contribution in [3.8, 4) is 0 Å². The molecule has 1 fully saturated rings. The second kappa shape index (κ2) is 6.95. The van der Waals surface area contributed by atoms with Crippen molar-refractivity contribution in [3.63, 3.8) is 0 Å². The second-order valence-electron chi connectivity index (χ2n) is 7.34. The molecule has 0 amide bonds. The van der Waals surface area contributed by atoms with Gasteiger partial charge in [0.05, 0.1) is 4.92 Å². The number of sulfonamides is 1. The summed E-state index contributed by atoms with van der Waals surface area (Å²) in [7, 11) is -3.96. The molecule has 0 spiro atoms. The lowest BCUT2D eigenvalue weighted by Crippen LogP contribution is -3.00. The van der Waals surface area contributed by atoms with Crippen LogP contribution in [0.1, 0.15) is 40.5 Å². The van der Waals surface area contributed by atoms with Crippen molar-refractivity contribution in [2.24, 2.45) is 0 Å². The van der Waals surface area contributed by atoms with Crippen LogP contribution in [0.5, 0.6) is 0 Å². The molecule has 1 aromatic carbocycles. The number of nitrogens with one attached hydrogen (secondary N) is 2. The zero-order chi connectivity index (χ0) is 17.5. The van der Waals surface area contributed by atoms with Gasteiger partial charge in [0, 0.05) is 23.2 Å². The number of benzene rings is 1. The van der Waals surface area contributed by atoms with Gasteiger partial charge >= 0.3 is 0 Å². The third-order valence-corrected chi connectivity index (χ3v) is 5.43. The molecule has 0 bridgehead atoms. The maximum Gasteiger partial charge on any atom is 0.289 e. The van der Waals surface area contributed by atoms with Gasteiger partial charge in [-0.2, -0.15) is 0 Å². The summed E-state index contributed by atoms with van der Waals surface area (Å²) in [4.78, 5) is 10.1. The van der Waals surface area contributed by atoms with E-state index in [2.05, 4.69) is 10.0 Å². The minimum absolute atomic E-state index is 0. The van der Waals surface area contributed by atoms with Crippen molar-refractivity contribution >= 4 is 15.7 Å². The standard InChI is InChI=1S/C15H23N3O4S.ClH/c1-14(2)9-11(10-15(3,4)17-14)16-23(21,22)13-8-6-5-7-12(13)18(19)20;/h5-8,11,16-17H,9-10H2,1-4H3;1H/p-1. The Labute approximate surface area is 148 Å². The average Bonchev–Trinajstić information content (AvgIpc) is 2.34. The fourth-order valence-electron chi connectivity index (χ4n) is 3.52. The Kier molecular flexibility index (Phi) is 6.03. The number of piperidine rings is 1. The lowest BCUT2D eigenvalue weighted by atomic mass is 9.80. The van der Waals surface area contributed by atoms with E-state index in [0.29, 0.717) is 12.8 Å². The molecule has 1 aliphatic heterocycles. The van der Waals surface area contributed by atoms with E-state index in [9.17, 15) is 18.5 Å². The third-order valence-electron chi connectivity index (χ3n) is 3.86. The molecule has 1 saturated heterocycles. The van der Waals surface area contributed by atoms with Crippen molar-refractivity contribution in [2.45, 2.75) is 62.6 Å². The van der Waals surface area contributed by atoms with Crippen LogP contribution < -0.4 is 22.4 Å². The highest BCUT2D eigenvalue weighted by Gasteiger charge is 2.40. The Morgan fingerprint density at radius 3 is 2.17 bits per heavy atom. The minimum Gasteiger partial charge on any atom is -1.00 e. The molecule has 0 atom stereocenters. The first kappa shape index (κ1) is 20.8. The van der Waals surface area contributed by atoms with Crippen molar-refractivity contribution in [3.05, 3.63) is 34.4 Å². The van der Waals surface area contributed by atoms with E-state index >= 15 is 0 Å². The zero-order valence-corrected chi connectivity index (χ0v) is 15.7. The van der Waals surface area contributed by atoms with Crippen molar-refractivity contribution in [1.29, 1.82) is 0 Å². The van der Waals surface area contributed by atoms with Crippen molar-refractivity contribution in [1.82, 2.24) is 10.0 Å². The first-order valence-electron chi connectivity index (χ1n) is 7.47. The van der Waals surface area contributed by atoms with Crippen LogP contribution in [0.2, 0.25) is 0 Å². The summed E-state index contributed by atoms with van der Waals surface area (Å²) >= 11 is 0. The summed E-state index contributed by atoms with van der Waals surface area (Å²) in [5, 5.41) is 14.5. The Bertz CT molecular complexity index is 703. The summed E-state index contributed by atoms with van der Waals surface area (Å²) in [6, 6.07) is 5.11. The van der Waals surface area contributed by atoms with Gasteiger partial charge in [-0.05, 0) is 46.6 Å². The molecule has 2 rings (SSSR count). The van der Waals surface area contributed by atoms with Gasteiger partial charge in [-0.3, -0.25) is 10.1 Å². The summed E-state index contributed by atoms with van der Waals surface area (Å²) < 4.78 is 27.9. The fraction of sp³-hybridized carbons (Fsp3) is 0.600. The van der Waals surface area contributed by atoms with Crippen LogP contribution in [0.25, 0.3) is 0 Å². The first-order chi connectivity index (χ1) is 10.4. The van der Waals surface area contributed by atoms with Gasteiger partial charge in [0.1, 0.15) is 0 Å². The smallest absolute Gasteiger partial charge is 0.289 e. The molecule has 0 aliphatic carbocycles. The van der Waals surface area contributed by atoms with Crippen LogP contribution in [-0.2, 0) is 10.0 Å². The number of nitro benzene ring substituents is 1. The normalized spacial score (nSPS) is 20.2. The van der Waals surface area contributed by atoms with E-state index in [0.717, 1.165) is 0 Å². The number of nitro groups is 1. The SMILES string of the molecule is CC1(C)CC(NS(=O)(=O)c2ccccc2[N+](=O)[O-])CC(C)(C)N1.[Cl-]. The quantitative estimate of drug-likeness (QED) is 0.528. The molecular formula is C15H23ClN3O4S-. The number of nitrogens with zero attached hydrogens (tertiary/aromatic N) is 1. The highest BCUT2D eigenvalue weighted by molar-refractivity contribution is 7.89. The molecule has 24 heavy (non-hydrogen) atoms. The largest absolute Gasteiger partial charge is 1.00 e. The molecule has 0 aromatic heterocycles. The first-order valence-corrected chi connectivity index (χ1v) is 8.95. The molecule has 2 N–H and O–H groups in total. The molecule has 0 unspecified atom stereocenters. The summed E-state index contributed by atoms with van der Waals surface area (Å²) in [6.07, 6.45) is 1.21. The highest BCUT2D eigenvalue weighted by Crippen LogP contribution is 2.30. The molecule has 0 radical (unpaired) electrons. The lowest BCUT2D eigenvalue weighted by molar-refractivity contribution is -0.387.